The van der Waals surface area contributed by atoms with Gasteiger partial charge in [0.05, 0.1) is 16.3 Å². The molecule has 0 spiro atoms. The van der Waals surface area contributed by atoms with Gasteiger partial charge in [0.15, 0.2) is 0 Å². The fourth-order valence-corrected chi connectivity index (χ4v) is 1.22. The number of alkyl halides is 6. The van der Waals surface area contributed by atoms with Crippen LogP contribution in [-0.2, 0) is 6.18 Å². The van der Waals surface area contributed by atoms with Crippen molar-refractivity contribution in [2.45, 2.75) is 12.4 Å². The Labute approximate surface area is 97.4 Å². The van der Waals surface area contributed by atoms with E-state index < -0.39 is 30.1 Å². The van der Waals surface area contributed by atoms with E-state index in [1.54, 1.807) is 0 Å². The fourth-order valence-electron chi connectivity index (χ4n) is 1.03. The van der Waals surface area contributed by atoms with Crippen LogP contribution in [-0.4, -0.2) is 12.7 Å². The molecule has 1 rings (SSSR count). The second kappa shape index (κ2) is 4.64. The molecule has 96 valence electrons. The van der Waals surface area contributed by atoms with E-state index in [0.717, 1.165) is 6.07 Å². The van der Waals surface area contributed by atoms with Crippen LogP contribution in [0.3, 0.4) is 0 Å². The van der Waals surface area contributed by atoms with Gasteiger partial charge in [0, 0.05) is 0 Å². The van der Waals surface area contributed by atoms with Crippen LogP contribution in [0.5, 0.6) is 0 Å². The Morgan fingerprint density at radius 1 is 1.06 bits per heavy atom. The van der Waals surface area contributed by atoms with Crippen molar-refractivity contribution in [3.63, 3.8) is 0 Å². The summed E-state index contributed by atoms with van der Waals surface area (Å²) in [6, 6.07) is 2.12. The van der Waals surface area contributed by atoms with Crippen molar-refractivity contribution in [1.82, 2.24) is 0 Å². The molecule has 0 saturated carbocycles. The zero-order valence-electron chi connectivity index (χ0n) is 8.08. The summed E-state index contributed by atoms with van der Waals surface area (Å²) in [5.74, 6) is 0. The molecular weight excluding hydrogens is 272 g/mol. The smallest absolute Gasteiger partial charge is 0.375 e. The van der Waals surface area contributed by atoms with E-state index in [-0.39, 0.29) is 5.02 Å². The largest absolute Gasteiger partial charge is 0.416 e. The first-order valence-corrected chi connectivity index (χ1v) is 4.65. The maximum absolute atomic E-state index is 12.3. The molecule has 1 aromatic carbocycles. The molecule has 8 heteroatoms. The Morgan fingerprint density at radius 3 is 2.12 bits per heavy atom. The van der Waals surface area contributed by atoms with Crippen molar-refractivity contribution in [2.75, 3.05) is 11.9 Å². The topological polar surface area (TPSA) is 12.0 Å². The molecule has 0 aliphatic rings. The van der Waals surface area contributed by atoms with Crippen LogP contribution >= 0.6 is 11.6 Å². The van der Waals surface area contributed by atoms with Crippen molar-refractivity contribution < 1.29 is 26.3 Å². The summed E-state index contributed by atoms with van der Waals surface area (Å²) in [7, 11) is 0. The average molecular weight is 278 g/mol. The monoisotopic (exact) mass is 277 g/mol. The first-order chi connectivity index (χ1) is 7.59. The molecule has 0 bridgehead atoms. The minimum Gasteiger partial charge on any atom is -0.375 e. The molecule has 0 heterocycles. The lowest BCUT2D eigenvalue weighted by Gasteiger charge is -2.13. The second-order valence-corrected chi connectivity index (χ2v) is 3.57. The number of hydrogen-bond acceptors (Lipinski definition) is 1. The SMILES string of the molecule is FC(F)(F)CNc1cc(C(F)(F)F)ccc1Cl. The molecule has 0 saturated heterocycles. The van der Waals surface area contributed by atoms with Crippen LogP contribution in [0.1, 0.15) is 5.56 Å². The van der Waals surface area contributed by atoms with E-state index >= 15 is 0 Å². The standard InChI is InChI=1S/C9H6ClF6N/c10-6-2-1-5(9(14,15)16)3-7(6)17-4-8(11,12)13/h1-3,17H,4H2. The number of halogens is 7. The lowest BCUT2D eigenvalue weighted by atomic mass is 10.2. The van der Waals surface area contributed by atoms with Crippen LogP contribution < -0.4 is 5.32 Å². The molecule has 1 aromatic rings. The second-order valence-electron chi connectivity index (χ2n) is 3.16. The highest BCUT2D eigenvalue weighted by atomic mass is 35.5. The Balaban J connectivity index is 2.92. The third kappa shape index (κ3) is 4.33. The molecule has 0 fully saturated rings. The molecule has 0 aliphatic carbocycles. The first kappa shape index (κ1) is 14.0. The third-order valence-electron chi connectivity index (χ3n) is 1.77. The molecular formula is C9H6ClF6N. The maximum Gasteiger partial charge on any atom is 0.416 e. The van der Waals surface area contributed by atoms with Crippen LogP contribution in [0.4, 0.5) is 32.0 Å². The van der Waals surface area contributed by atoms with Gasteiger partial charge in [-0.05, 0) is 18.2 Å². The Kier molecular flexibility index (Phi) is 3.81. The van der Waals surface area contributed by atoms with E-state index in [0.29, 0.717) is 12.1 Å². The van der Waals surface area contributed by atoms with Gasteiger partial charge in [-0.25, -0.2) is 0 Å². The lowest BCUT2D eigenvalue weighted by molar-refractivity contribution is -0.137. The van der Waals surface area contributed by atoms with Crippen LogP contribution in [0.2, 0.25) is 5.02 Å². The molecule has 0 amide bonds. The minimum absolute atomic E-state index is 0.206. The van der Waals surface area contributed by atoms with Gasteiger partial charge in [-0.15, -0.1) is 0 Å². The van der Waals surface area contributed by atoms with Crippen molar-refractivity contribution in [3.05, 3.63) is 28.8 Å². The minimum atomic E-state index is -4.63. The maximum atomic E-state index is 12.3. The molecule has 1 nitrogen and oxygen atoms in total. The van der Waals surface area contributed by atoms with Crippen LogP contribution in [0.25, 0.3) is 0 Å². The first-order valence-electron chi connectivity index (χ1n) is 4.27. The van der Waals surface area contributed by atoms with E-state index in [4.69, 9.17) is 11.6 Å². The van der Waals surface area contributed by atoms with E-state index in [9.17, 15) is 26.3 Å². The molecule has 0 atom stereocenters. The van der Waals surface area contributed by atoms with Crippen LogP contribution in [0.15, 0.2) is 18.2 Å². The number of nitrogens with one attached hydrogen (secondary N) is 1. The summed E-state index contributed by atoms with van der Waals surface area (Å²) in [5.41, 5.74) is -1.47. The molecule has 1 N–H and O–H groups in total. The van der Waals surface area contributed by atoms with Crippen LogP contribution in [0, 0.1) is 0 Å². The molecule has 0 aromatic heterocycles. The number of benzene rings is 1. The van der Waals surface area contributed by atoms with Crippen molar-refractivity contribution in [3.8, 4) is 0 Å². The number of rotatable bonds is 2. The van der Waals surface area contributed by atoms with Gasteiger partial charge in [-0.2, -0.15) is 26.3 Å². The summed E-state index contributed by atoms with van der Waals surface area (Å²) in [6.45, 7) is -1.45. The lowest BCUT2D eigenvalue weighted by Crippen LogP contribution is -2.21. The highest BCUT2D eigenvalue weighted by molar-refractivity contribution is 6.33. The van der Waals surface area contributed by atoms with Gasteiger partial charge in [0.1, 0.15) is 6.54 Å². The summed E-state index contributed by atoms with van der Waals surface area (Å²) in [5, 5.41) is 1.60. The quantitative estimate of drug-likeness (QED) is 0.793. The number of anilines is 1. The zero-order chi connectivity index (χ0) is 13.3. The predicted octanol–water partition coefficient (Wildman–Crippen LogP) is 4.33. The Bertz CT molecular complexity index is 397. The predicted molar refractivity (Wildman–Crippen MR) is 51.0 cm³/mol. The molecule has 17 heavy (non-hydrogen) atoms. The summed E-state index contributed by atoms with van der Waals surface area (Å²) in [6.07, 6.45) is -9.16. The Morgan fingerprint density at radius 2 is 1.65 bits per heavy atom. The summed E-state index contributed by atoms with van der Waals surface area (Å²) in [4.78, 5) is 0. The van der Waals surface area contributed by atoms with Gasteiger partial charge < -0.3 is 5.32 Å². The highest BCUT2D eigenvalue weighted by Gasteiger charge is 2.32. The summed E-state index contributed by atoms with van der Waals surface area (Å²) < 4.78 is 72.5. The van der Waals surface area contributed by atoms with Gasteiger partial charge in [-0.3, -0.25) is 0 Å². The van der Waals surface area contributed by atoms with E-state index in [1.807, 2.05) is 5.32 Å². The normalized spacial score (nSPS) is 12.6. The van der Waals surface area contributed by atoms with Gasteiger partial charge in [-0.1, -0.05) is 11.6 Å². The fraction of sp³-hybridized carbons (Fsp3) is 0.333. The molecule has 0 unspecified atom stereocenters. The zero-order valence-corrected chi connectivity index (χ0v) is 8.84. The van der Waals surface area contributed by atoms with Crippen molar-refractivity contribution >= 4 is 17.3 Å². The molecule has 0 aliphatic heterocycles. The van der Waals surface area contributed by atoms with Gasteiger partial charge >= 0.3 is 12.4 Å². The van der Waals surface area contributed by atoms with E-state index in [1.165, 1.54) is 0 Å². The van der Waals surface area contributed by atoms with E-state index in [2.05, 4.69) is 0 Å². The van der Waals surface area contributed by atoms with Crippen molar-refractivity contribution in [1.29, 1.82) is 0 Å². The average Bonchev–Trinajstić information content (AvgIpc) is 2.13. The highest BCUT2D eigenvalue weighted by Crippen LogP contribution is 2.34. The van der Waals surface area contributed by atoms with Gasteiger partial charge in [0.2, 0.25) is 0 Å². The summed E-state index contributed by atoms with van der Waals surface area (Å²) >= 11 is 5.48. The van der Waals surface area contributed by atoms with Gasteiger partial charge in [0.25, 0.3) is 0 Å². The van der Waals surface area contributed by atoms with Crippen molar-refractivity contribution in [2.24, 2.45) is 0 Å². The molecule has 0 radical (unpaired) electrons. The number of hydrogen-bond donors (Lipinski definition) is 1. The third-order valence-corrected chi connectivity index (χ3v) is 2.10. The Hall–Kier alpha value is -1.11.